The van der Waals surface area contributed by atoms with Crippen LogP contribution in [0, 0.1) is 0 Å². The van der Waals surface area contributed by atoms with Crippen molar-refractivity contribution in [2.45, 2.75) is 39.7 Å². The Balaban J connectivity index is 2.63. The third-order valence-corrected chi connectivity index (χ3v) is 3.47. The highest BCUT2D eigenvalue weighted by atomic mass is 32.2. The van der Waals surface area contributed by atoms with Crippen LogP contribution < -0.4 is 10.0 Å². The van der Waals surface area contributed by atoms with Gasteiger partial charge in [-0.1, -0.05) is 13.3 Å². The Hall–Kier alpha value is -1.37. The van der Waals surface area contributed by atoms with Crippen LogP contribution in [0.15, 0.2) is 12.1 Å². The number of aromatic nitrogens is 2. The van der Waals surface area contributed by atoms with Gasteiger partial charge in [-0.2, -0.15) is 0 Å². The van der Waals surface area contributed by atoms with Crippen LogP contribution in [0.2, 0.25) is 0 Å². The van der Waals surface area contributed by atoms with Crippen molar-refractivity contribution in [2.24, 2.45) is 0 Å². The number of nitrogens with one attached hydrogen (secondary N) is 2. The second-order valence-electron chi connectivity index (χ2n) is 4.38. The van der Waals surface area contributed by atoms with E-state index < -0.39 is 10.0 Å². The van der Waals surface area contributed by atoms with Crippen LogP contribution in [0.5, 0.6) is 0 Å². The second kappa shape index (κ2) is 6.53. The lowest BCUT2D eigenvalue weighted by molar-refractivity contribution is 0.597. The summed E-state index contributed by atoms with van der Waals surface area (Å²) in [6.45, 7) is 5.92. The fourth-order valence-corrected chi connectivity index (χ4v) is 2.50. The molecular weight excluding hydrogens is 252 g/mol. The van der Waals surface area contributed by atoms with Crippen molar-refractivity contribution >= 4 is 21.7 Å². The molecular formula is C11H20N4O2S. The van der Waals surface area contributed by atoms with Gasteiger partial charge in [-0.25, -0.2) is 8.42 Å². The predicted molar refractivity (Wildman–Crippen MR) is 73.1 cm³/mol. The zero-order valence-corrected chi connectivity index (χ0v) is 11.8. The molecule has 0 bridgehead atoms. The molecule has 0 amide bonds. The third kappa shape index (κ3) is 5.31. The normalized spacial score (nSPS) is 11.6. The lowest BCUT2D eigenvalue weighted by Gasteiger charge is -2.09. The van der Waals surface area contributed by atoms with Gasteiger partial charge in [0.05, 0.1) is 5.75 Å². The van der Waals surface area contributed by atoms with E-state index in [2.05, 4.69) is 20.2 Å². The van der Waals surface area contributed by atoms with Crippen LogP contribution in [0.3, 0.4) is 0 Å². The van der Waals surface area contributed by atoms with Crippen molar-refractivity contribution in [1.29, 1.82) is 0 Å². The number of anilines is 2. The third-order valence-electron chi connectivity index (χ3n) is 2.13. The summed E-state index contributed by atoms with van der Waals surface area (Å²) in [6.07, 6.45) is 1.47. The van der Waals surface area contributed by atoms with Gasteiger partial charge in [0.2, 0.25) is 10.0 Å². The van der Waals surface area contributed by atoms with E-state index in [1.165, 1.54) is 0 Å². The summed E-state index contributed by atoms with van der Waals surface area (Å²) in [5, 5.41) is 10.8. The minimum absolute atomic E-state index is 0.108. The Morgan fingerprint density at radius 2 is 1.83 bits per heavy atom. The van der Waals surface area contributed by atoms with Crippen LogP contribution in [0.1, 0.15) is 33.6 Å². The molecule has 102 valence electrons. The quantitative estimate of drug-likeness (QED) is 0.791. The number of hydrogen-bond acceptors (Lipinski definition) is 5. The molecule has 7 heteroatoms. The number of unbranched alkanes of at least 4 members (excludes halogenated alkanes) is 1. The van der Waals surface area contributed by atoms with Crippen molar-refractivity contribution in [3.8, 4) is 0 Å². The first-order valence-corrected chi connectivity index (χ1v) is 7.69. The summed E-state index contributed by atoms with van der Waals surface area (Å²) >= 11 is 0. The number of sulfonamides is 1. The van der Waals surface area contributed by atoms with Crippen molar-refractivity contribution in [3.63, 3.8) is 0 Å². The van der Waals surface area contributed by atoms with E-state index in [-0.39, 0.29) is 17.6 Å². The Kier molecular flexibility index (Phi) is 5.33. The van der Waals surface area contributed by atoms with Gasteiger partial charge in [0, 0.05) is 6.04 Å². The maximum Gasteiger partial charge on any atom is 0.233 e. The molecule has 0 radical (unpaired) electrons. The van der Waals surface area contributed by atoms with E-state index in [9.17, 15) is 8.42 Å². The van der Waals surface area contributed by atoms with E-state index in [1.807, 2.05) is 20.8 Å². The molecule has 1 rings (SSSR count). The molecule has 0 aliphatic carbocycles. The summed E-state index contributed by atoms with van der Waals surface area (Å²) in [7, 11) is -3.31. The van der Waals surface area contributed by atoms with Crippen LogP contribution in [0.25, 0.3) is 0 Å². The van der Waals surface area contributed by atoms with Gasteiger partial charge in [0.1, 0.15) is 5.82 Å². The molecule has 0 aromatic carbocycles. The topological polar surface area (TPSA) is 84.0 Å². The minimum atomic E-state index is -3.31. The molecule has 0 aliphatic rings. The highest BCUT2D eigenvalue weighted by molar-refractivity contribution is 7.92. The summed E-state index contributed by atoms with van der Waals surface area (Å²) in [4.78, 5) is 0. The molecule has 0 atom stereocenters. The molecule has 0 fully saturated rings. The van der Waals surface area contributed by atoms with Gasteiger partial charge < -0.3 is 5.32 Å². The Morgan fingerprint density at radius 3 is 2.33 bits per heavy atom. The monoisotopic (exact) mass is 272 g/mol. The first kappa shape index (κ1) is 14.7. The highest BCUT2D eigenvalue weighted by Gasteiger charge is 2.10. The van der Waals surface area contributed by atoms with E-state index >= 15 is 0 Å². The molecule has 0 saturated heterocycles. The lowest BCUT2D eigenvalue weighted by atomic mass is 10.4. The molecule has 0 aliphatic heterocycles. The molecule has 2 N–H and O–H groups in total. The second-order valence-corrected chi connectivity index (χ2v) is 6.22. The van der Waals surface area contributed by atoms with Crippen molar-refractivity contribution in [2.75, 3.05) is 15.8 Å². The molecule has 1 aromatic heterocycles. The minimum Gasteiger partial charge on any atom is -0.366 e. The molecule has 0 unspecified atom stereocenters. The van der Waals surface area contributed by atoms with Gasteiger partial charge in [-0.05, 0) is 32.4 Å². The Labute approximate surface area is 108 Å². The summed E-state index contributed by atoms with van der Waals surface area (Å²) in [6, 6.07) is 3.55. The van der Waals surface area contributed by atoms with Crippen LogP contribution in [0.4, 0.5) is 11.6 Å². The fraction of sp³-hybridized carbons (Fsp3) is 0.636. The van der Waals surface area contributed by atoms with Gasteiger partial charge in [-0.15, -0.1) is 10.2 Å². The first-order valence-electron chi connectivity index (χ1n) is 6.03. The zero-order chi connectivity index (χ0) is 13.6. The van der Waals surface area contributed by atoms with Crippen molar-refractivity contribution < 1.29 is 8.42 Å². The molecule has 6 nitrogen and oxygen atoms in total. The predicted octanol–water partition coefficient (Wildman–Crippen LogP) is 1.84. The van der Waals surface area contributed by atoms with Gasteiger partial charge in [0.25, 0.3) is 0 Å². The molecule has 0 saturated carbocycles. The van der Waals surface area contributed by atoms with Crippen LogP contribution in [-0.4, -0.2) is 30.4 Å². The summed E-state index contributed by atoms with van der Waals surface area (Å²) in [5.74, 6) is 0.985. The lowest BCUT2D eigenvalue weighted by Crippen LogP contribution is -2.18. The van der Waals surface area contributed by atoms with E-state index in [1.54, 1.807) is 12.1 Å². The highest BCUT2D eigenvalue weighted by Crippen LogP contribution is 2.09. The largest absolute Gasteiger partial charge is 0.366 e. The molecule has 18 heavy (non-hydrogen) atoms. The van der Waals surface area contributed by atoms with Gasteiger partial charge in [0.15, 0.2) is 5.82 Å². The number of rotatable bonds is 7. The Morgan fingerprint density at radius 1 is 1.22 bits per heavy atom. The Bertz CT molecular complexity index is 456. The molecule has 1 heterocycles. The molecule has 0 spiro atoms. The van der Waals surface area contributed by atoms with Crippen LogP contribution in [-0.2, 0) is 10.0 Å². The van der Waals surface area contributed by atoms with E-state index in [0.29, 0.717) is 12.2 Å². The molecule has 1 aromatic rings. The number of nitrogens with zero attached hydrogens (tertiary/aromatic N) is 2. The summed E-state index contributed by atoms with van der Waals surface area (Å²) in [5.41, 5.74) is 0. The SMILES string of the molecule is CCCCS(=O)(=O)Nc1ccc(NC(C)C)nn1. The maximum absolute atomic E-state index is 11.6. The van der Waals surface area contributed by atoms with E-state index in [0.717, 1.165) is 6.42 Å². The number of hydrogen-bond donors (Lipinski definition) is 2. The standard InChI is InChI=1S/C11H20N4O2S/c1-4-5-8-18(16,17)15-11-7-6-10(13-14-11)12-9(2)3/h6-7,9H,4-5,8H2,1-3H3,(H,12,13)(H,14,15). The van der Waals surface area contributed by atoms with Crippen molar-refractivity contribution in [1.82, 2.24) is 10.2 Å². The first-order chi connectivity index (χ1) is 8.43. The zero-order valence-electron chi connectivity index (χ0n) is 11.0. The van der Waals surface area contributed by atoms with Gasteiger partial charge in [-0.3, -0.25) is 4.72 Å². The van der Waals surface area contributed by atoms with E-state index in [4.69, 9.17) is 0 Å². The maximum atomic E-state index is 11.6. The van der Waals surface area contributed by atoms with Gasteiger partial charge >= 0.3 is 0 Å². The average Bonchev–Trinajstić information content (AvgIpc) is 2.28. The average molecular weight is 272 g/mol. The fourth-order valence-electron chi connectivity index (χ4n) is 1.30. The summed E-state index contributed by atoms with van der Waals surface area (Å²) < 4.78 is 25.7. The van der Waals surface area contributed by atoms with Crippen molar-refractivity contribution in [3.05, 3.63) is 12.1 Å². The smallest absolute Gasteiger partial charge is 0.233 e. The van der Waals surface area contributed by atoms with Crippen LogP contribution >= 0.6 is 0 Å².